The van der Waals surface area contributed by atoms with Gasteiger partial charge >= 0.3 is 0 Å². The van der Waals surface area contributed by atoms with Gasteiger partial charge in [0.1, 0.15) is 0 Å². The van der Waals surface area contributed by atoms with Gasteiger partial charge in [-0.2, -0.15) is 0 Å². The molecule has 2 nitrogen and oxygen atoms in total. The Bertz CT molecular complexity index is 585. The second-order valence-electron chi connectivity index (χ2n) is 5.06. The molecule has 0 amide bonds. The van der Waals surface area contributed by atoms with Crippen LogP contribution in [0.15, 0.2) is 29.6 Å². The van der Waals surface area contributed by atoms with Crippen molar-refractivity contribution in [3.8, 4) is 0 Å². The molecule has 21 heavy (non-hydrogen) atoms. The lowest BCUT2D eigenvalue weighted by atomic mass is 10.2. The van der Waals surface area contributed by atoms with Crippen LogP contribution in [0.4, 0.5) is 8.78 Å². The summed E-state index contributed by atoms with van der Waals surface area (Å²) in [5.74, 6) is -1.64. The van der Waals surface area contributed by atoms with E-state index in [2.05, 4.69) is 17.9 Å². The molecule has 2 aromatic rings. The average Bonchev–Trinajstić information content (AvgIpc) is 2.85. The van der Waals surface area contributed by atoms with Crippen molar-refractivity contribution in [1.29, 1.82) is 0 Å². The molecular formula is C16H19F2NOS. The molecule has 0 spiro atoms. The van der Waals surface area contributed by atoms with Crippen molar-refractivity contribution in [3.63, 3.8) is 0 Å². The van der Waals surface area contributed by atoms with Crippen molar-refractivity contribution in [2.24, 2.45) is 0 Å². The second-order valence-corrected chi connectivity index (χ2v) is 6.06. The quantitative estimate of drug-likeness (QED) is 0.842. The zero-order chi connectivity index (χ0) is 15.2. The predicted octanol–water partition coefficient (Wildman–Crippen LogP) is 3.72. The van der Waals surface area contributed by atoms with Gasteiger partial charge in [-0.3, -0.25) is 4.90 Å². The summed E-state index contributed by atoms with van der Waals surface area (Å²) in [4.78, 5) is 3.40. The number of aryl methyl sites for hydroxylation is 1. The van der Waals surface area contributed by atoms with E-state index in [4.69, 9.17) is 5.11 Å². The summed E-state index contributed by atoms with van der Waals surface area (Å²) in [5, 5.41) is 11.1. The van der Waals surface area contributed by atoms with Crippen molar-refractivity contribution in [2.75, 3.05) is 13.2 Å². The topological polar surface area (TPSA) is 23.5 Å². The van der Waals surface area contributed by atoms with Gasteiger partial charge in [-0.15, -0.1) is 11.3 Å². The Hall–Kier alpha value is -1.30. The van der Waals surface area contributed by atoms with E-state index in [-0.39, 0.29) is 6.61 Å². The van der Waals surface area contributed by atoms with Crippen LogP contribution < -0.4 is 0 Å². The molecule has 0 aliphatic rings. The number of nitrogens with zero attached hydrogens (tertiary/aromatic N) is 1. The molecular weight excluding hydrogens is 292 g/mol. The maximum Gasteiger partial charge on any atom is 0.159 e. The van der Waals surface area contributed by atoms with Crippen LogP contribution >= 0.6 is 11.3 Å². The van der Waals surface area contributed by atoms with Crippen molar-refractivity contribution in [1.82, 2.24) is 4.90 Å². The van der Waals surface area contributed by atoms with Crippen LogP contribution in [-0.4, -0.2) is 23.2 Å². The number of rotatable bonds is 7. The van der Waals surface area contributed by atoms with Crippen molar-refractivity contribution in [3.05, 3.63) is 57.3 Å². The molecule has 1 aromatic carbocycles. The highest BCUT2D eigenvalue weighted by Crippen LogP contribution is 2.20. The molecule has 0 bridgehead atoms. The van der Waals surface area contributed by atoms with E-state index in [1.54, 1.807) is 17.4 Å². The summed E-state index contributed by atoms with van der Waals surface area (Å²) >= 11 is 1.69. The molecule has 1 N–H and O–H groups in total. The minimum Gasteiger partial charge on any atom is -0.396 e. The largest absolute Gasteiger partial charge is 0.396 e. The maximum absolute atomic E-state index is 13.3. The summed E-state index contributed by atoms with van der Waals surface area (Å²) in [7, 11) is 0. The number of benzene rings is 1. The van der Waals surface area contributed by atoms with Crippen LogP contribution in [-0.2, 0) is 13.1 Å². The lowest BCUT2D eigenvalue weighted by Crippen LogP contribution is -2.24. The molecule has 1 aromatic heterocycles. The number of thiophene rings is 1. The van der Waals surface area contributed by atoms with Crippen LogP contribution in [0.3, 0.4) is 0 Å². The Kier molecular flexibility index (Phi) is 5.85. The molecule has 0 saturated carbocycles. The number of hydrogen-bond acceptors (Lipinski definition) is 3. The van der Waals surface area contributed by atoms with Gasteiger partial charge in [0.2, 0.25) is 0 Å². The maximum atomic E-state index is 13.3. The summed E-state index contributed by atoms with van der Waals surface area (Å²) in [6, 6.07) is 6.07. The highest BCUT2D eigenvalue weighted by atomic mass is 32.1. The first-order chi connectivity index (χ1) is 10.1. The Morgan fingerprint density at radius 3 is 2.57 bits per heavy atom. The zero-order valence-corrected chi connectivity index (χ0v) is 12.8. The normalized spacial score (nSPS) is 11.3. The fourth-order valence-corrected chi connectivity index (χ4v) is 3.12. The number of hydrogen-bond donors (Lipinski definition) is 1. The molecule has 114 valence electrons. The first-order valence-electron chi connectivity index (χ1n) is 6.90. The lowest BCUT2D eigenvalue weighted by molar-refractivity contribution is 0.213. The van der Waals surface area contributed by atoms with E-state index in [9.17, 15) is 8.78 Å². The third-order valence-corrected chi connectivity index (χ3v) is 4.37. The van der Waals surface area contributed by atoms with Gasteiger partial charge in [0.15, 0.2) is 11.6 Å². The molecule has 0 fully saturated rings. The van der Waals surface area contributed by atoms with Gasteiger partial charge in [-0.1, -0.05) is 6.07 Å². The molecule has 0 atom stereocenters. The molecule has 5 heteroatoms. The van der Waals surface area contributed by atoms with Crippen LogP contribution in [0, 0.1) is 18.6 Å². The molecule has 1 heterocycles. The predicted molar refractivity (Wildman–Crippen MR) is 81.2 cm³/mol. The lowest BCUT2D eigenvalue weighted by Gasteiger charge is -2.22. The van der Waals surface area contributed by atoms with E-state index in [1.165, 1.54) is 16.5 Å². The third-order valence-electron chi connectivity index (χ3n) is 3.36. The Morgan fingerprint density at radius 1 is 1.14 bits per heavy atom. The first-order valence-corrected chi connectivity index (χ1v) is 7.78. The van der Waals surface area contributed by atoms with Gasteiger partial charge in [-0.25, -0.2) is 8.78 Å². The molecule has 0 saturated heterocycles. The van der Waals surface area contributed by atoms with Crippen molar-refractivity contribution in [2.45, 2.75) is 26.4 Å². The van der Waals surface area contributed by atoms with Gasteiger partial charge in [0, 0.05) is 31.1 Å². The number of halogens is 2. The summed E-state index contributed by atoms with van der Waals surface area (Å²) in [5.41, 5.74) is 1.97. The van der Waals surface area contributed by atoms with E-state index < -0.39 is 11.6 Å². The van der Waals surface area contributed by atoms with E-state index in [0.717, 1.165) is 18.2 Å². The fraction of sp³-hybridized carbons (Fsp3) is 0.375. The Labute approximate surface area is 127 Å². The van der Waals surface area contributed by atoms with Crippen LogP contribution in [0.2, 0.25) is 0 Å². The van der Waals surface area contributed by atoms with Gasteiger partial charge < -0.3 is 5.11 Å². The average molecular weight is 311 g/mol. The number of aliphatic hydroxyl groups excluding tert-OH is 1. The Balaban J connectivity index is 2.08. The van der Waals surface area contributed by atoms with Gasteiger partial charge in [0.05, 0.1) is 0 Å². The highest BCUT2D eigenvalue weighted by Gasteiger charge is 2.11. The second kappa shape index (κ2) is 7.64. The number of aliphatic hydroxyl groups is 1. The van der Waals surface area contributed by atoms with E-state index in [1.807, 2.05) is 5.38 Å². The third kappa shape index (κ3) is 4.59. The van der Waals surface area contributed by atoms with Gasteiger partial charge in [-0.05, 0) is 48.1 Å². The van der Waals surface area contributed by atoms with E-state index in [0.29, 0.717) is 19.5 Å². The zero-order valence-electron chi connectivity index (χ0n) is 12.0. The van der Waals surface area contributed by atoms with Gasteiger partial charge in [0.25, 0.3) is 0 Å². The van der Waals surface area contributed by atoms with Crippen molar-refractivity contribution >= 4 is 11.3 Å². The van der Waals surface area contributed by atoms with Crippen LogP contribution in [0.25, 0.3) is 0 Å². The smallest absolute Gasteiger partial charge is 0.159 e. The highest BCUT2D eigenvalue weighted by molar-refractivity contribution is 7.10. The summed E-state index contributed by atoms with van der Waals surface area (Å²) < 4.78 is 26.3. The molecule has 2 rings (SSSR count). The van der Waals surface area contributed by atoms with Crippen molar-refractivity contribution < 1.29 is 13.9 Å². The monoisotopic (exact) mass is 311 g/mol. The Morgan fingerprint density at radius 2 is 1.95 bits per heavy atom. The molecule has 0 unspecified atom stereocenters. The summed E-state index contributed by atoms with van der Waals surface area (Å²) in [6.45, 7) is 4.19. The molecule has 0 radical (unpaired) electrons. The van der Waals surface area contributed by atoms with Crippen LogP contribution in [0.5, 0.6) is 0 Å². The van der Waals surface area contributed by atoms with Crippen LogP contribution in [0.1, 0.15) is 22.4 Å². The standard InChI is InChI=1S/C16H19F2NOS/c1-12-5-8-21-16(12)11-19(6-2-7-20)10-13-3-4-14(17)15(18)9-13/h3-5,8-9,20H,2,6-7,10-11H2,1H3. The minimum absolute atomic E-state index is 0.123. The molecule has 0 aliphatic carbocycles. The first kappa shape index (κ1) is 16.1. The SMILES string of the molecule is Cc1ccsc1CN(CCCO)Cc1ccc(F)c(F)c1. The fourth-order valence-electron chi connectivity index (χ4n) is 2.17. The van der Waals surface area contributed by atoms with E-state index >= 15 is 0 Å². The minimum atomic E-state index is -0.824. The summed E-state index contributed by atoms with van der Waals surface area (Å²) in [6.07, 6.45) is 0.661. The molecule has 0 aliphatic heterocycles.